The SMILES string of the molecule is CCCCOC(=O)NCCCCCC(=O)Nc1nncs1. The van der Waals surface area contributed by atoms with E-state index in [0.29, 0.717) is 24.7 Å². The van der Waals surface area contributed by atoms with Crippen LogP contribution in [0.4, 0.5) is 9.93 Å². The molecule has 0 unspecified atom stereocenters. The Bertz CT molecular complexity index is 412. The number of ether oxygens (including phenoxy) is 1. The molecule has 0 fully saturated rings. The van der Waals surface area contributed by atoms with Crippen molar-refractivity contribution in [2.45, 2.75) is 45.4 Å². The number of carbonyl (C=O) groups is 2. The fourth-order valence-electron chi connectivity index (χ4n) is 1.55. The van der Waals surface area contributed by atoms with Crippen molar-refractivity contribution in [2.24, 2.45) is 0 Å². The van der Waals surface area contributed by atoms with Gasteiger partial charge in [-0.15, -0.1) is 10.2 Å². The van der Waals surface area contributed by atoms with Crippen molar-refractivity contribution in [2.75, 3.05) is 18.5 Å². The van der Waals surface area contributed by atoms with Crippen molar-refractivity contribution < 1.29 is 14.3 Å². The molecule has 0 aliphatic heterocycles. The van der Waals surface area contributed by atoms with Gasteiger partial charge < -0.3 is 15.4 Å². The first-order valence-corrected chi connectivity index (χ1v) is 8.07. The van der Waals surface area contributed by atoms with Crippen molar-refractivity contribution in [1.29, 1.82) is 0 Å². The lowest BCUT2D eigenvalue weighted by Gasteiger charge is -2.06. The molecule has 7 nitrogen and oxygen atoms in total. The minimum atomic E-state index is -0.363. The molecule has 0 saturated carbocycles. The molecule has 0 saturated heterocycles. The number of anilines is 1. The standard InChI is InChI=1S/C13H22N4O3S/c1-2-3-9-20-13(19)14-8-6-4-5-7-11(18)16-12-17-15-10-21-12/h10H,2-9H2,1H3,(H,14,19)(H,16,17,18). The van der Waals surface area contributed by atoms with E-state index in [4.69, 9.17) is 4.74 Å². The summed E-state index contributed by atoms with van der Waals surface area (Å²) >= 11 is 1.29. The largest absolute Gasteiger partial charge is 0.450 e. The number of hydrogen-bond donors (Lipinski definition) is 2. The molecule has 0 aromatic carbocycles. The molecule has 0 bridgehead atoms. The fraction of sp³-hybridized carbons (Fsp3) is 0.692. The summed E-state index contributed by atoms with van der Waals surface area (Å²) < 4.78 is 4.96. The van der Waals surface area contributed by atoms with Gasteiger partial charge in [-0.05, 0) is 19.3 Å². The lowest BCUT2D eigenvalue weighted by molar-refractivity contribution is -0.116. The van der Waals surface area contributed by atoms with Gasteiger partial charge in [0.1, 0.15) is 5.51 Å². The van der Waals surface area contributed by atoms with Crippen LogP contribution in [-0.2, 0) is 9.53 Å². The first kappa shape index (κ1) is 17.4. The molecule has 0 spiro atoms. The van der Waals surface area contributed by atoms with Gasteiger partial charge in [0.2, 0.25) is 11.0 Å². The number of hydrogen-bond acceptors (Lipinski definition) is 6. The normalized spacial score (nSPS) is 10.1. The second-order valence-corrected chi connectivity index (χ2v) is 5.35. The number of aromatic nitrogens is 2. The highest BCUT2D eigenvalue weighted by Gasteiger charge is 2.04. The smallest absolute Gasteiger partial charge is 0.407 e. The summed E-state index contributed by atoms with van der Waals surface area (Å²) in [7, 11) is 0. The van der Waals surface area contributed by atoms with Crippen molar-refractivity contribution in [3.8, 4) is 0 Å². The summed E-state index contributed by atoms with van der Waals surface area (Å²) in [5, 5.41) is 13.3. The lowest BCUT2D eigenvalue weighted by atomic mass is 10.2. The molecule has 0 atom stereocenters. The Morgan fingerprint density at radius 1 is 1.29 bits per heavy atom. The number of nitrogens with one attached hydrogen (secondary N) is 2. The topological polar surface area (TPSA) is 93.2 Å². The highest BCUT2D eigenvalue weighted by Crippen LogP contribution is 2.09. The van der Waals surface area contributed by atoms with E-state index in [9.17, 15) is 9.59 Å². The summed E-state index contributed by atoms with van der Waals surface area (Å²) in [6.45, 7) is 3.08. The average molecular weight is 314 g/mol. The van der Waals surface area contributed by atoms with Crippen LogP contribution in [0.5, 0.6) is 0 Å². The van der Waals surface area contributed by atoms with E-state index >= 15 is 0 Å². The Hall–Kier alpha value is -1.70. The van der Waals surface area contributed by atoms with Gasteiger partial charge in [-0.1, -0.05) is 31.1 Å². The third-order valence-electron chi connectivity index (χ3n) is 2.69. The first-order valence-electron chi connectivity index (χ1n) is 7.19. The van der Waals surface area contributed by atoms with Crippen LogP contribution in [0.3, 0.4) is 0 Å². The maximum Gasteiger partial charge on any atom is 0.407 e. The molecule has 1 aromatic heterocycles. The number of alkyl carbamates (subject to hydrolysis) is 1. The van der Waals surface area contributed by atoms with Crippen LogP contribution in [-0.4, -0.2) is 35.3 Å². The summed E-state index contributed by atoms with van der Waals surface area (Å²) in [5.74, 6) is -0.0568. The van der Waals surface area contributed by atoms with Crippen LogP contribution < -0.4 is 10.6 Å². The van der Waals surface area contributed by atoms with E-state index < -0.39 is 0 Å². The monoisotopic (exact) mass is 314 g/mol. The molecule has 21 heavy (non-hydrogen) atoms. The molecule has 0 radical (unpaired) electrons. The maximum atomic E-state index is 11.5. The number of unbranched alkanes of at least 4 members (excludes halogenated alkanes) is 3. The van der Waals surface area contributed by atoms with E-state index in [-0.39, 0.29) is 12.0 Å². The number of nitrogens with zero attached hydrogens (tertiary/aromatic N) is 2. The maximum absolute atomic E-state index is 11.5. The zero-order valence-electron chi connectivity index (χ0n) is 12.3. The molecule has 0 aliphatic rings. The Labute approximate surface area is 128 Å². The van der Waals surface area contributed by atoms with Crippen LogP contribution in [0.15, 0.2) is 5.51 Å². The number of rotatable bonds is 10. The summed E-state index contributed by atoms with van der Waals surface area (Å²) in [6, 6.07) is 0. The van der Waals surface area contributed by atoms with Gasteiger partial charge in [-0.2, -0.15) is 0 Å². The summed E-state index contributed by atoms with van der Waals surface area (Å²) in [6.07, 6.45) is 4.45. The number of carbonyl (C=O) groups excluding carboxylic acids is 2. The highest BCUT2D eigenvalue weighted by molar-refractivity contribution is 7.13. The molecular weight excluding hydrogens is 292 g/mol. The first-order chi connectivity index (χ1) is 10.2. The highest BCUT2D eigenvalue weighted by atomic mass is 32.1. The van der Waals surface area contributed by atoms with Crippen molar-refractivity contribution >= 4 is 28.5 Å². The van der Waals surface area contributed by atoms with Crippen molar-refractivity contribution in [3.63, 3.8) is 0 Å². The predicted octanol–water partition coefficient (Wildman–Crippen LogP) is 2.56. The van der Waals surface area contributed by atoms with Gasteiger partial charge in [0.25, 0.3) is 0 Å². The zero-order chi connectivity index (χ0) is 15.3. The lowest BCUT2D eigenvalue weighted by Crippen LogP contribution is -2.25. The van der Waals surface area contributed by atoms with Crippen LogP contribution in [0, 0.1) is 0 Å². The van der Waals surface area contributed by atoms with Crippen LogP contribution >= 0.6 is 11.3 Å². The predicted molar refractivity (Wildman–Crippen MR) is 81.3 cm³/mol. The second-order valence-electron chi connectivity index (χ2n) is 4.52. The second kappa shape index (κ2) is 11.0. The van der Waals surface area contributed by atoms with Gasteiger partial charge in [-0.3, -0.25) is 4.79 Å². The molecule has 2 N–H and O–H groups in total. The Kier molecular flexibility index (Phi) is 9.10. The van der Waals surface area contributed by atoms with Crippen molar-refractivity contribution in [1.82, 2.24) is 15.5 Å². The fourth-order valence-corrected chi connectivity index (χ4v) is 2.01. The van der Waals surface area contributed by atoms with E-state index in [0.717, 1.165) is 32.1 Å². The van der Waals surface area contributed by atoms with Gasteiger partial charge in [0.15, 0.2) is 0 Å². The molecule has 8 heteroatoms. The average Bonchev–Trinajstić information content (AvgIpc) is 2.95. The molecule has 1 aromatic rings. The van der Waals surface area contributed by atoms with Crippen molar-refractivity contribution in [3.05, 3.63) is 5.51 Å². The zero-order valence-corrected chi connectivity index (χ0v) is 13.1. The third kappa shape index (κ3) is 8.96. The Morgan fingerprint density at radius 3 is 2.86 bits per heavy atom. The van der Waals surface area contributed by atoms with Gasteiger partial charge in [0, 0.05) is 13.0 Å². The van der Waals surface area contributed by atoms with E-state index in [1.165, 1.54) is 11.3 Å². The van der Waals surface area contributed by atoms with Gasteiger partial charge in [-0.25, -0.2) is 4.79 Å². The quantitative estimate of drug-likeness (QED) is 0.647. The molecule has 1 rings (SSSR count). The van der Waals surface area contributed by atoms with E-state index in [1.54, 1.807) is 5.51 Å². The number of amides is 2. The minimum Gasteiger partial charge on any atom is -0.450 e. The molecule has 0 aliphatic carbocycles. The van der Waals surface area contributed by atoms with Crippen LogP contribution in [0.2, 0.25) is 0 Å². The van der Waals surface area contributed by atoms with Gasteiger partial charge in [0.05, 0.1) is 6.61 Å². The van der Waals surface area contributed by atoms with E-state index in [1.807, 2.05) is 6.92 Å². The Balaban J connectivity index is 1.92. The van der Waals surface area contributed by atoms with Crippen LogP contribution in [0.25, 0.3) is 0 Å². The third-order valence-corrected chi connectivity index (χ3v) is 3.29. The van der Waals surface area contributed by atoms with E-state index in [2.05, 4.69) is 20.8 Å². The Morgan fingerprint density at radius 2 is 2.14 bits per heavy atom. The summed E-state index contributed by atoms with van der Waals surface area (Å²) in [4.78, 5) is 22.8. The summed E-state index contributed by atoms with van der Waals surface area (Å²) in [5.41, 5.74) is 1.57. The molecule has 2 amide bonds. The molecule has 118 valence electrons. The molecular formula is C13H22N4O3S. The minimum absolute atomic E-state index is 0.0568. The molecule has 1 heterocycles. The van der Waals surface area contributed by atoms with Crippen LogP contribution in [0.1, 0.15) is 45.4 Å². The van der Waals surface area contributed by atoms with Gasteiger partial charge >= 0.3 is 6.09 Å².